The highest BCUT2D eigenvalue weighted by Gasteiger charge is 2.20. The molecule has 0 N–H and O–H groups in total. The van der Waals surface area contributed by atoms with E-state index >= 15 is 0 Å². The van der Waals surface area contributed by atoms with Gasteiger partial charge in [0.2, 0.25) is 0 Å². The van der Waals surface area contributed by atoms with Gasteiger partial charge < -0.3 is 9.80 Å². The predicted molar refractivity (Wildman–Crippen MR) is 75.8 cm³/mol. The highest BCUT2D eigenvalue weighted by atomic mass is 16.2. The van der Waals surface area contributed by atoms with Crippen molar-refractivity contribution < 1.29 is 4.79 Å². The summed E-state index contributed by atoms with van der Waals surface area (Å²) in [5, 5.41) is 0. The quantitative estimate of drug-likeness (QED) is 0.839. The smallest absolute Gasteiger partial charge is 0.320 e. The third-order valence-corrected chi connectivity index (χ3v) is 3.65. The van der Waals surface area contributed by atoms with Crippen molar-refractivity contribution in [3.05, 3.63) is 30.1 Å². The molecule has 0 atom stereocenters. The fraction of sp³-hybridized carbons (Fsp3) is 0.600. The molecular weight excluding hydrogens is 238 g/mol. The van der Waals surface area contributed by atoms with Crippen LogP contribution >= 0.6 is 0 Å². The van der Waals surface area contributed by atoms with Gasteiger partial charge in [0, 0.05) is 38.6 Å². The van der Waals surface area contributed by atoms with Crippen LogP contribution in [-0.2, 0) is 6.54 Å². The molecule has 0 radical (unpaired) electrons. The molecule has 4 nitrogen and oxygen atoms in total. The lowest BCUT2D eigenvalue weighted by atomic mass is 10.2. The van der Waals surface area contributed by atoms with Crippen LogP contribution in [0.5, 0.6) is 0 Å². The number of carbonyl (C=O) groups excluding carboxylic acids is 1. The highest BCUT2D eigenvalue weighted by Crippen LogP contribution is 2.13. The Balaban J connectivity index is 1.98. The first-order chi connectivity index (χ1) is 9.31. The summed E-state index contributed by atoms with van der Waals surface area (Å²) < 4.78 is 0. The van der Waals surface area contributed by atoms with Gasteiger partial charge in [-0.25, -0.2) is 4.79 Å². The molecule has 19 heavy (non-hydrogen) atoms. The summed E-state index contributed by atoms with van der Waals surface area (Å²) >= 11 is 0. The van der Waals surface area contributed by atoms with Gasteiger partial charge in [-0.15, -0.1) is 0 Å². The Labute approximate surface area is 115 Å². The number of hydrogen-bond acceptors (Lipinski definition) is 2. The fourth-order valence-electron chi connectivity index (χ4n) is 2.49. The number of nitrogens with zero attached hydrogens (tertiary/aromatic N) is 3. The average molecular weight is 261 g/mol. The largest absolute Gasteiger partial charge is 0.325 e. The molecule has 0 spiro atoms. The van der Waals surface area contributed by atoms with Gasteiger partial charge in [0.15, 0.2) is 0 Å². The van der Waals surface area contributed by atoms with Gasteiger partial charge in [-0.05, 0) is 37.5 Å². The normalized spacial score (nSPS) is 15.9. The molecule has 1 aliphatic rings. The van der Waals surface area contributed by atoms with Crippen LogP contribution < -0.4 is 0 Å². The SMILES string of the molecule is CCN(Cc1ccncc1)C(=O)N1CCCCCC1. The Bertz CT molecular complexity index is 386. The molecule has 1 aliphatic heterocycles. The Hall–Kier alpha value is -1.58. The highest BCUT2D eigenvalue weighted by molar-refractivity contribution is 5.74. The summed E-state index contributed by atoms with van der Waals surface area (Å²) in [5.74, 6) is 0. The van der Waals surface area contributed by atoms with E-state index in [0.29, 0.717) is 6.54 Å². The van der Waals surface area contributed by atoms with E-state index in [1.165, 1.54) is 12.8 Å². The van der Waals surface area contributed by atoms with Gasteiger partial charge >= 0.3 is 6.03 Å². The maximum absolute atomic E-state index is 12.5. The van der Waals surface area contributed by atoms with Gasteiger partial charge in [-0.3, -0.25) is 4.98 Å². The number of urea groups is 1. The molecule has 1 aromatic heterocycles. The third kappa shape index (κ3) is 3.94. The minimum absolute atomic E-state index is 0.182. The second kappa shape index (κ2) is 7.12. The summed E-state index contributed by atoms with van der Waals surface area (Å²) in [6.45, 7) is 5.28. The van der Waals surface area contributed by atoms with Crippen molar-refractivity contribution >= 4 is 6.03 Å². The number of aromatic nitrogens is 1. The van der Waals surface area contributed by atoms with Gasteiger partial charge in [-0.1, -0.05) is 12.8 Å². The van der Waals surface area contributed by atoms with E-state index < -0.39 is 0 Å². The second-order valence-corrected chi connectivity index (χ2v) is 5.05. The molecule has 0 aliphatic carbocycles. The zero-order chi connectivity index (χ0) is 13.5. The molecule has 2 rings (SSSR count). The molecule has 104 valence electrons. The van der Waals surface area contributed by atoms with Crippen LogP contribution in [0.4, 0.5) is 4.79 Å². The molecule has 2 amide bonds. The van der Waals surface area contributed by atoms with Crippen molar-refractivity contribution in [1.29, 1.82) is 0 Å². The van der Waals surface area contributed by atoms with E-state index in [1.807, 2.05) is 28.9 Å². The van der Waals surface area contributed by atoms with Crippen molar-refractivity contribution in [2.75, 3.05) is 19.6 Å². The molecule has 0 unspecified atom stereocenters. The second-order valence-electron chi connectivity index (χ2n) is 5.05. The topological polar surface area (TPSA) is 36.4 Å². The number of hydrogen-bond donors (Lipinski definition) is 0. The summed E-state index contributed by atoms with van der Waals surface area (Å²) in [5.41, 5.74) is 1.14. The van der Waals surface area contributed by atoms with Crippen molar-refractivity contribution in [3.63, 3.8) is 0 Å². The molecular formula is C15H23N3O. The van der Waals surface area contributed by atoms with Crippen molar-refractivity contribution in [2.24, 2.45) is 0 Å². The first-order valence-electron chi connectivity index (χ1n) is 7.24. The Kier molecular flexibility index (Phi) is 5.19. The molecule has 0 aromatic carbocycles. The molecule has 0 saturated carbocycles. The van der Waals surface area contributed by atoms with Gasteiger partial charge in [0.1, 0.15) is 0 Å². The van der Waals surface area contributed by atoms with Crippen molar-refractivity contribution in [1.82, 2.24) is 14.8 Å². The molecule has 2 heterocycles. The summed E-state index contributed by atoms with van der Waals surface area (Å²) in [6.07, 6.45) is 8.33. The van der Waals surface area contributed by atoms with Gasteiger partial charge in [0.25, 0.3) is 0 Å². The van der Waals surface area contributed by atoms with Crippen molar-refractivity contribution in [2.45, 2.75) is 39.2 Å². The Morgan fingerprint density at radius 2 is 1.84 bits per heavy atom. The van der Waals surface area contributed by atoms with Crippen LogP contribution in [0.3, 0.4) is 0 Å². The summed E-state index contributed by atoms with van der Waals surface area (Å²) in [6, 6.07) is 4.12. The summed E-state index contributed by atoms with van der Waals surface area (Å²) in [7, 11) is 0. The zero-order valence-corrected chi connectivity index (χ0v) is 11.7. The minimum Gasteiger partial charge on any atom is -0.325 e. The first kappa shape index (κ1) is 13.8. The third-order valence-electron chi connectivity index (χ3n) is 3.65. The van der Waals surface area contributed by atoms with Gasteiger partial charge in [0.05, 0.1) is 0 Å². The standard InChI is InChI=1S/C15H23N3O/c1-2-17(13-14-7-9-16-10-8-14)15(19)18-11-5-3-4-6-12-18/h7-10H,2-6,11-13H2,1H3. The average Bonchev–Trinajstić information content (AvgIpc) is 2.74. The fourth-order valence-corrected chi connectivity index (χ4v) is 2.49. The van der Waals surface area contributed by atoms with Gasteiger partial charge in [-0.2, -0.15) is 0 Å². The number of amides is 2. The molecule has 1 aromatic rings. The number of pyridine rings is 1. The van der Waals surface area contributed by atoms with Crippen LogP contribution in [-0.4, -0.2) is 40.4 Å². The number of rotatable bonds is 3. The maximum Gasteiger partial charge on any atom is 0.320 e. The van der Waals surface area contributed by atoms with Crippen LogP contribution in [0.15, 0.2) is 24.5 Å². The van der Waals surface area contributed by atoms with E-state index in [-0.39, 0.29) is 6.03 Å². The van der Waals surface area contributed by atoms with E-state index in [9.17, 15) is 4.79 Å². The van der Waals surface area contributed by atoms with E-state index in [0.717, 1.165) is 38.0 Å². The van der Waals surface area contributed by atoms with Crippen LogP contribution in [0.1, 0.15) is 38.2 Å². The minimum atomic E-state index is 0.182. The van der Waals surface area contributed by atoms with E-state index in [1.54, 1.807) is 12.4 Å². The predicted octanol–water partition coefficient (Wildman–Crippen LogP) is 2.90. The molecule has 4 heteroatoms. The zero-order valence-electron chi connectivity index (χ0n) is 11.7. The van der Waals surface area contributed by atoms with Crippen molar-refractivity contribution in [3.8, 4) is 0 Å². The Morgan fingerprint density at radius 3 is 2.42 bits per heavy atom. The lowest BCUT2D eigenvalue weighted by molar-refractivity contribution is 0.154. The number of carbonyl (C=O) groups is 1. The van der Waals surface area contributed by atoms with Crippen LogP contribution in [0.25, 0.3) is 0 Å². The van der Waals surface area contributed by atoms with Crippen LogP contribution in [0, 0.1) is 0 Å². The molecule has 0 bridgehead atoms. The monoisotopic (exact) mass is 261 g/mol. The van der Waals surface area contributed by atoms with E-state index in [2.05, 4.69) is 4.98 Å². The molecule has 1 fully saturated rings. The lowest BCUT2D eigenvalue weighted by Gasteiger charge is -2.29. The van der Waals surface area contributed by atoms with Crippen LogP contribution in [0.2, 0.25) is 0 Å². The lowest BCUT2D eigenvalue weighted by Crippen LogP contribution is -2.43. The summed E-state index contributed by atoms with van der Waals surface area (Å²) in [4.78, 5) is 20.5. The molecule has 1 saturated heterocycles. The maximum atomic E-state index is 12.5. The first-order valence-corrected chi connectivity index (χ1v) is 7.24. The Morgan fingerprint density at radius 1 is 1.21 bits per heavy atom. The van der Waals surface area contributed by atoms with E-state index in [4.69, 9.17) is 0 Å². The number of likely N-dealkylation sites (tertiary alicyclic amines) is 1.